The number of thiophene rings is 1. The second kappa shape index (κ2) is 6.91. The average molecular weight is 350 g/mol. The summed E-state index contributed by atoms with van der Waals surface area (Å²) in [5.41, 5.74) is 9.51. The maximum atomic E-state index is 6.18. The highest BCUT2D eigenvalue weighted by atomic mass is 35.5. The summed E-state index contributed by atoms with van der Waals surface area (Å²) >= 11 is 7.90. The molecule has 23 heavy (non-hydrogen) atoms. The number of nitrogens with zero attached hydrogens (tertiary/aromatic N) is 1. The highest BCUT2D eigenvalue weighted by Gasteiger charge is 2.18. The SMILES string of the molecule is CC[C@H](N)Cc1oc2c(NCc3cccs3)cc(Cl)nc2c1C. The van der Waals surface area contributed by atoms with Crippen molar-refractivity contribution in [1.29, 1.82) is 0 Å². The molecule has 0 bridgehead atoms. The van der Waals surface area contributed by atoms with Gasteiger partial charge in [-0.25, -0.2) is 4.98 Å². The van der Waals surface area contributed by atoms with Crippen LogP contribution in [0.1, 0.15) is 29.5 Å². The number of aromatic nitrogens is 1. The van der Waals surface area contributed by atoms with Crippen molar-refractivity contribution < 1.29 is 4.42 Å². The Morgan fingerprint density at radius 1 is 1.48 bits per heavy atom. The van der Waals surface area contributed by atoms with Gasteiger partial charge in [0.15, 0.2) is 5.58 Å². The van der Waals surface area contributed by atoms with E-state index in [9.17, 15) is 0 Å². The number of anilines is 1. The van der Waals surface area contributed by atoms with Crippen LogP contribution in [0.15, 0.2) is 28.0 Å². The molecule has 0 aliphatic rings. The molecular weight excluding hydrogens is 330 g/mol. The van der Waals surface area contributed by atoms with Gasteiger partial charge < -0.3 is 15.5 Å². The third-order valence-corrected chi connectivity index (χ3v) is 5.02. The van der Waals surface area contributed by atoms with Gasteiger partial charge in [0.1, 0.15) is 16.4 Å². The lowest BCUT2D eigenvalue weighted by atomic mass is 10.1. The lowest BCUT2D eigenvalue weighted by Gasteiger charge is -2.06. The predicted octanol–water partition coefficient (Wildman–Crippen LogP) is 4.74. The van der Waals surface area contributed by atoms with E-state index in [4.69, 9.17) is 21.8 Å². The predicted molar refractivity (Wildman–Crippen MR) is 97.4 cm³/mol. The summed E-state index contributed by atoms with van der Waals surface area (Å²) in [5.74, 6) is 0.892. The first kappa shape index (κ1) is 16.3. The van der Waals surface area contributed by atoms with Gasteiger partial charge in [-0.2, -0.15) is 0 Å². The first-order valence-corrected chi connectivity index (χ1v) is 8.94. The number of pyridine rings is 1. The molecule has 0 spiro atoms. The van der Waals surface area contributed by atoms with E-state index in [-0.39, 0.29) is 6.04 Å². The Morgan fingerprint density at radius 2 is 2.30 bits per heavy atom. The number of rotatable bonds is 6. The van der Waals surface area contributed by atoms with E-state index < -0.39 is 0 Å². The second-order valence-corrected chi connectivity index (χ2v) is 7.05. The second-order valence-electron chi connectivity index (χ2n) is 5.63. The smallest absolute Gasteiger partial charge is 0.176 e. The minimum Gasteiger partial charge on any atom is -0.457 e. The summed E-state index contributed by atoms with van der Waals surface area (Å²) in [6, 6.07) is 6.03. The fraction of sp³-hybridized carbons (Fsp3) is 0.353. The van der Waals surface area contributed by atoms with Gasteiger partial charge in [-0.3, -0.25) is 0 Å². The van der Waals surface area contributed by atoms with Crippen LogP contribution in [0, 0.1) is 6.92 Å². The zero-order chi connectivity index (χ0) is 16.4. The van der Waals surface area contributed by atoms with E-state index in [1.165, 1.54) is 4.88 Å². The molecule has 3 heterocycles. The standard InChI is InChI=1S/C17H20ClN3OS/c1-3-11(19)7-14-10(2)16-17(22-14)13(8-15(18)21-16)20-9-12-5-4-6-23-12/h4-6,8,11H,3,7,9,19H2,1-2H3,(H,20,21)/t11-/m0/s1. The van der Waals surface area contributed by atoms with Crippen molar-refractivity contribution in [2.75, 3.05) is 5.32 Å². The molecule has 0 amide bonds. The van der Waals surface area contributed by atoms with E-state index >= 15 is 0 Å². The van der Waals surface area contributed by atoms with Crippen LogP contribution in [0.25, 0.3) is 11.1 Å². The molecule has 3 N–H and O–H groups in total. The molecule has 4 nitrogen and oxygen atoms in total. The maximum Gasteiger partial charge on any atom is 0.176 e. The molecular formula is C17H20ClN3OS. The van der Waals surface area contributed by atoms with Crippen molar-refractivity contribution in [3.8, 4) is 0 Å². The van der Waals surface area contributed by atoms with Gasteiger partial charge in [0.2, 0.25) is 0 Å². The van der Waals surface area contributed by atoms with Gasteiger partial charge in [-0.15, -0.1) is 11.3 Å². The van der Waals surface area contributed by atoms with Crippen LogP contribution in [0.4, 0.5) is 5.69 Å². The Hall–Kier alpha value is -1.56. The number of fused-ring (bicyclic) bond motifs is 1. The van der Waals surface area contributed by atoms with Crippen LogP contribution >= 0.6 is 22.9 Å². The van der Waals surface area contributed by atoms with Gasteiger partial charge in [-0.1, -0.05) is 24.6 Å². The van der Waals surface area contributed by atoms with Crippen LogP contribution in [0.2, 0.25) is 5.15 Å². The van der Waals surface area contributed by atoms with E-state index in [1.807, 2.05) is 19.1 Å². The number of hydrogen-bond acceptors (Lipinski definition) is 5. The van der Waals surface area contributed by atoms with E-state index in [1.54, 1.807) is 11.3 Å². The number of nitrogens with one attached hydrogen (secondary N) is 1. The molecule has 0 saturated heterocycles. The van der Waals surface area contributed by atoms with Crippen LogP contribution in [-0.2, 0) is 13.0 Å². The maximum absolute atomic E-state index is 6.18. The lowest BCUT2D eigenvalue weighted by molar-refractivity contribution is 0.505. The Morgan fingerprint density at radius 3 is 3.00 bits per heavy atom. The van der Waals surface area contributed by atoms with Crippen molar-refractivity contribution in [2.45, 2.75) is 39.3 Å². The molecule has 0 aliphatic carbocycles. The minimum atomic E-state index is 0.0901. The fourth-order valence-corrected chi connectivity index (χ4v) is 3.33. The largest absolute Gasteiger partial charge is 0.457 e. The molecule has 0 fully saturated rings. The normalized spacial score (nSPS) is 12.7. The quantitative estimate of drug-likeness (QED) is 0.631. The van der Waals surface area contributed by atoms with Crippen molar-refractivity contribution in [3.05, 3.63) is 44.9 Å². The topological polar surface area (TPSA) is 64.1 Å². The number of halogens is 1. The Labute approximate surface area is 144 Å². The van der Waals surface area contributed by atoms with Gasteiger partial charge in [0.25, 0.3) is 0 Å². The van der Waals surface area contributed by atoms with Gasteiger partial charge >= 0.3 is 0 Å². The molecule has 0 aliphatic heterocycles. The van der Waals surface area contributed by atoms with Crippen molar-refractivity contribution in [1.82, 2.24) is 4.98 Å². The summed E-state index contributed by atoms with van der Waals surface area (Å²) in [6.45, 7) is 4.82. The molecule has 122 valence electrons. The first-order chi connectivity index (χ1) is 11.1. The van der Waals surface area contributed by atoms with Crippen molar-refractivity contribution in [2.24, 2.45) is 5.73 Å². The Kier molecular flexibility index (Phi) is 4.90. The monoisotopic (exact) mass is 349 g/mol. The molecule has 0 aromatic carbocycles. The first-order valence-electron chi connectivity index (χ1n) is 7.68. The lowest BCUT2D eigenvalue weighted by Crippen LogP contribution is -2.21. The molecule has 3 aromatic rings. The number of furan rings is 1. The van der Waals surface area contributed by atoms with Gasteiger partial charge in [0, 0.05) is 35.5 Å². The van der Waals surface area contributed by atoms with Crippen molar-refractivity contribution in [3.63, 3.8) is 0 Å². The van der Waals surface area contributed by atoms with Gasteiger partial charge in [0.05, 0.1) is 5.69 Å². The molecule has 3 rings (SSSR count). The molecule has 0 unspecified atom stereocenters. The summed E-state index contributed by atoms with van der Waals surface area (Å²) in [6.07, 6.45) is 1.62. The minimum absolute atomic E-state index is 0.0901. The summed E-state index contributed by atoms with van der Waals surface area (Å²) < 4.78 is 6.07. The molecule has 1 atom stereocenters. The van der Waals surface area contributed by atoms with E-state index in [2.05, 4.69) is 28.7 Å². The zero-order valence-electron chi connectivity index (χ0n) is 13.2. The number of nitrogens with two attached hydrogens (primary N) is 1. The van der Waals surface area contributed by atoms with Crippen molar-refractivity contribution >= 4 is 39.7 Å². The highest BCUT2D eigenvalue weighted by molar-refractivity contribution is 7.09. The van der Waals surface area contributed by atoms with Crippen LogP contribution in [0.5, 0.6) is 0 Å². The summed E-state index contributed by atoms with van der Waals surface area (Å²) in [5, 5.41) is 5.92. The average Bonchev–Trinajstić information content (AvgIpc) is 3.15. The van der Waals surface area contributed by atoms with Gasteiger partial charge in [-0.05, 0) is 24.8 Å². The fourth-order valence-electron chi connectivity index (χ4n) is 2.50. The number of aryl methyl sites for hydroxylation is 1. The van der Waals surface area contributed by atoms with E-state index in [0.29, 0.717) is 11.6 Å². The number of hydrogen-bond donors (Lipinski definition) is 2. The van der Waals surface area contributed by atoms with Crippen LogP contribution in [-0.4, -0.2) is 11.0 Å². The zero-order valence-corrected chi connectivity index (χ0v) is 14.8. The van der Waals surface area contributed by atoms with E-state index in [0.717, 1.165) is 41.1 Å². The summed E-state index contributed by atoms with van der Waals surface area (Å²) in [4.78, 5) is 5.68. The highest BCUT2D eigenvalue weighted by Crippen LogP contribution is 2.32. The Balaban J connectivity index is 1.95. The third-order valence-electron chi connectivity index (χ3n) is 3.95. The molecule has 3 aromatic heterocycles. The van der Waals surface area contributed by atoms with Crippen LogP contribution in [0.3, 0.4) is 0 Å². The molecule has 0 radical (unpaired) electrons. The third kappa shape index (κ3) is 3.52. The molecule has 6 heteroatoms. The summed E-state index contributed by atoms with van der Waals surface area (Å²) in [7, 11) is 0. The molecule has 0 saturated carbocycles. The Bertz CT molecular complexity index is 798. The van der Waals surface area contributed by atoms with Crippen LogP contribution < -0.4 is 11.1 Å².